The minimum Gasteiger partial charge on any atom is -0.486 e. The molecule has 0 aliphatic rings. The summed E-state index contributed by atoms with van der Waals surface area (Å²) in [6.45, 7) is 0.181. The monoisotopic (exact) mass is 352 g/mol. The van der Waals surface area contributed by atoms with Crippen LogP contribution in [0.5, 0.6) is 5.75 Å². The molecule has 0 saturated carbocycles. The second kappa shape index (κ2) is 6.76. The zero-order valence-corrected chi connectivity index (χ0v) is 13.1. The molecule has 23 heavy (non-hydrogen) atoms. The number of rotatable bonds is 5. The predicted octanol–water partition coefficient (Wildman–Crippen LogP) is 3.79. The van der Waals surface area contributed by atoms with Gasteiger partial charge >= 0.3 is 0 Å². The lowest BCUT2D eigenvalue weighted by Gasteiger charge is -2.04. The molecule has 0 saturated heterocycles. The summed E-state index contributed by atoms with van der Waals surface area (Å²) in [5, 5.41) is 10.4. The quantitative estimate of drug-likeness (QED) is 0.560. The molecule has 0 amide bonds. The Kier molecular flexibility index (Phi) is 4.54. The van der Waals surface area contributed by atoms with Gasteiger partial charge in [-0.3, -0.25) is 5.10 Å². The van der Waals surface area contributed by atoms with E-state index >= 15 is 0 Å². The Morgan fingerprint density at radius 2 is 2.30 bits per heavy atom. The van der Waals surface area contributed by atoms with Crippen molar-refractivity contribution >= 4 is 30.0 Å². The Labute approximate surface area is 140 Å². The van der Waals surface area contributed by atoms with Gasteiger partial charge < -0.3 is 9.15 Å². The topological polar surface area (TPSA) is 68.3 Å². The van der Waals surface area contributed by atoms with E-state index in [-0.39, 0.29) is 11.6 Å². The van der Waals surface area contributed by atoms with Gasteiger partial charge in [0.15, 0.2) is 0 Å². The largest absolute Gasteiger partial charge is 0.486 e. The molecule has 3 rings (SSSR count). The molecule has 9 heteroatoms. The zero-order valence-electron chi connectivity index (χ0n) is 11.6. The van der Waals surface area contributed by atoms with E-state index in [0.717, 1.165) is 0 Å². The Hall–Kier alpha value is -2.45. The summed E-state index contributed by atoms with van der Waals surface area (Å²) >= 11 is 10.7. The van der Waals surface area contributed by atoms with Crippen LogP contribution in [0.4, 0.5) is 4.39 Å². The van der Waals surface area contributed by atoms with Crippen molar-refractivity contribution in [2.45, 2.75) is 6.61 Å². The molecule has 1 aromatic carbocycles. The molecule has 0 unspecified atom stereocenters. The molecule has 118 valence electrons. The van der Waals surface area contributed by atoms with Crippen LogP contribution in [0.3, 0.4) is 0 Å². The Morgan fingerprint density at radius 1 is 1.43 bits per heavy atom. The van der Waals surface area contributed by atoms with Crippen LogP contribution in [0.25, 0.3) is 0 Å². The number of furan rings is 1. The molecule has 0 radical (unpaired) electrons. The first kappa shape index (κ1) is 15.4. The minimum atomic E-state index is -0.492. The van der Waals surface area contributed by atoms with Crippen LogP contribution in [-0.2, 0) is 6.61 Å². The lowest BCUT2D eigenvalue weighted by molar-refractivity contribution is 0.269. The summed E-state index contributed by atoms with van der Waals surface area (Å²) in [7, 11) is 0. The summed E-state index contributed by atoms with van der Waals surface area (Å²) < 4.78 is 25.9. The van der Waals surface area contributed by atoms with E-state index in [0.29, 0.717) is 22.0 Å². The lowest BCUT2D eigenvalue weighted by Crippen LogP contribution is -1.94. The van der Waals surface area contributed by atoms with E-state index in [4.69, 9.17) is 33.0 Å². The van der Waals surface area contributed by atoms with Crippen LogP contribution in [0.1, 0.15) is 11.5 Å². The average Bonchev–Trinajstić information content (AvgIpc) is 3.15. The average molecular weight is 353 g/mol. The number of aromatic nitrogens is 3. The summed E-state index contributed by atoms with van der Waals surface area (Å²) in [6, 6.07) is 7.63. The number of ether oxygens (including phenoxy) is 1. The van der Waals surface area contributed by atoms with Gasteiger partial charge in [0.05, 0.1) is 11.2 Å². The number of nitrogens with zero attached hydrogens (tertiary/aromatic N) is 3. The van der Waals surface area contributed by atoms with Crippen molar-refractivity contribution in [2.24, 2.45) is 5.10 Å². The number of H-pyrrole nitrogens is 1. The van der Waals surface area contributed by atoms with Gasteiger partial charge in [0, 0.05) is 6.07 Å². The molecule has 0 aliphatic heterocycles. The van der Waals surface area contributed by atoms with Crippen molar-refractivity contribution in [1.29, 1.82) is 0 Å². The molecule has 2 heterocycles. The van der Waals surface area contributed by atoms with E-state index in [1.54, 1.807) is 12.1 Å². The number of halogens is 2. The van der Waals surface area contributed by atoms with E-state index < -0.39 is 5.82 Å². The van der Waals surface area contributed by atoms with Gasteiger partial charge in [-0.25, -0.2) is 4.39 Å². The van der Waals surface area contributed by atoms with Gasteiger partial charge in [-0.2, -0.15) is 14.9 Å². The molecule has 0 fully saturated rings. The maximum Gasteiger partial charge on any atom is 0.216 e. The summed E-state index contributed by atoms with van der Waals surface area (Å²) in [5.74, 6) is 1.08. The molecule has 0 aliphatic carbocycles. The second-order valence-electron chi connectivity index (χ2n) is 4.42. The third kappa shape index (κ3) is 3.85. The van der Waals surface area contributed by atoms with Crippen molar-refractivity contribution in [3.8, 4) is 5.75 Å². The summed E-state index contributed by atoms with van der Waals surface area (Å²) in [6.07, 6.45) is 2.95. The molecule has 3 aromatic rings. The summed E-state index contributed by atoms with van der Waals surface area (Å²) in [5.41, 5.74) is 0. The van der Waals surface area contributed by atoms with Crippen LogP contribution in [0.15, 0.2) is 46.2 Å². The maximum atomic E-state index is 13.1. The lowest BCUT2D eigenvalue weighted by atomic mass is 10.3. The number of benzene rings is 1. The number of aromatic amines is 1. The first-order valence-electron chi connectivity index (χ1n) is 6.45. The van der Waals surface area contributed by atoms with Crippen LogP contribution < -0.4 is 4.74 Å². The first-order chi connectivity index (χ1) is 11.1. The van der Waals surface area contributed by atoms with E-state index in [1.807, 2.05) is 0 Å². The van der Waals surface area contributed by atoms with Crippen LogP contribution >= 0.6 is 23.8 Å². The molecule has 0 atom stereocenters. The Bertz CT molecular complexity index is 902. The smallest absolute Gasteiger partial charge is 0.216 e. The minimum absolute atomic E-state index is 0.00613. The molecule has 6 nitrogen and oxygen atoms in total. The fourth-order valence-electron chi connectivity index (χ4n) is 1.71. The highest BCUT2D eigenvalue weighted by atomic mass is 35.5. The predicted molar refractivity (Wildman–Crippen MR) is 84.9 cm³/mol. The van der Waals surface area contributed by atoms with Gasteiger partial charge in [0.2, 0.25) is 4.77 Å². The van der Waals surface area contributed by atoms with Gasteiger partial charge in [0.1, 0.15) is 36.0 Å². The van der Waals surface area contributed by atoms with E-state index in [9.17, 15) is 4.39 Å². The number of nitrogens with one attached hydrogen (secondary N) is 1. The first-order valence-corrected chi connectivity index (χ1v) is 7.23. The second-order valence-corrected chi connectivity index (χ2v) is 5.21. The van der Waals surface area contributed by atoms with Crippen molar-refractivity contribution in [1.82, 2.24) is 14.9 Å². The third-order valence-electron chi connectivity index (χ3n) is 2.80. The molecule has 1 N–H and O–H groups in total. The SMILES string of the molecule is Fc1ccc(OCc2ccc(/C=N/n3cn[nH]c3=S)o2)cc1Cl. The van der Waals surface area contributed by atoms with Gasteiger partial charge in [0.25, 0.3) is 0 Å². The fourth-order valence-corrected chi connectivity index (χ4v) is 2.02. The third-order valence-corrected chi connectivity index (χ3v) is 3.37. The highest BCUT2D eigenvalue weighted by molar-refractivity contribution is 7.71. The zero-order chi connectivity index (χ0) is 16.2. The molecule has 2 aromatic heterocycles. The molecular weight excluding hydrogens is 343 g/mol. The van der Waals surface area contributed by atoms with Gasteiger partial charge in [-0.15, -0.1) is 0 Å². The van der Waals surface area contributed by atoms with Crippen molar-refractivity contribution in [3.63, 3.8) is 0 Å². The standard InChI is InChI=1S/C14H10ClFN4O2S/c15-12-5-9(3-4-13(12)16)21-7-11-2-1-10(22-11)6-18-20-8-17-19-14(20)23/h1-6,8H,7H2,(H,19,23)/b18-6+. The van der Waals surface area contributed by atoms with E-state index in [1.165, 1.54) is 35.4 Å². The van der Waals surface area contributed by atoms with Crippen LogP contribution in [0.2, 0.25) is 5.02 Å². The Balaban J connectivity index is 1.63. The van der Waals surface area contributed by atoms with Crippen LogP contribution in [-0.4, -0.2) is 21.1 Å². The van der Waals surface area contributed by atoms with Crippen molar-refractivity contribution in [2.75, 3.05) is 0 Å². The summed E-state index contributed by atoms with van der Waals surface area (Å²) in [4.78, 5) is 0. The van der Waals surface area contributed by atoms with E-state index in [2.05, 4.69) is 15.3 Å². The number of hydrogen-bond donors (Lipinski definition) is 1. The molecule has 0 spiro atoms. The molecular formula is C14H10ClFN4O2S. The van der Waals surface area contributed by atoms with Crippen LogP contribution in [0, 0.1) is 10.6 Å². The Morgan fingerprint density at radius 3 is 3.04 bits per heavy atom. The normalized spacial score (nSPS) is 11.2. The van der Waals surface area contributed by atoms with Crippen molar-refractivity contribution < 1.29 is 13.5 Å². The maximum absolute atomic E-state index is 13.1. The number of hydrogen-bond acceptors (Lipinski definition) is 5. The van der Waals surface area contributed by atoms with Gasteiger partial charge in [-0.05, 0) is 36.5 Å². The highest BCUT2D eigenvalue weighted by Gasteiger charge is 2.04. The highest BCUT2D eigenvalue weighted by Crippen LogP contribution is 2.22. The molecule has 0 bridgehead atoms. The van der Waals surface area contributed by atoms with Crippen molar-refractivity contribution in [3.05, 3.63) is 63.8 Å². The fraction of sp³-hybridized carbons (Fsp3) is 0.0714. The van der Waals surface area contributed by atoms with Gasteiger partial charge in [-0.1, -0.05) is 11.6 Å².